The number of carbonyl (C=O) groups is 1. The molecule has 62 heavy (non-hydrogen) atoms. The van der Waals surface area contributed by atoms with E-state index in [1.54, 1.807) is 6.08 Å². The molecule has 12 N–H and O–H groups in total. The van der Waals surface area contributed by atoms with Gasteiger partial charge >= 0.3 is 0 Å². The van der Waals surface area contributed by atoms with Crippen molar-refractivity contribution in [1.29, 1.82) is 0 Å². The van der Waals surface area contributed by atoms with Gasteiger partial charge in [0, 0.05) is 6.42 Å². The van der Waals surface area contributed by atoms with Gasteiger partial charge in [0.05, 0.1) is 38.6 Å². The molecular formula is C43H79NO18. The van der Waals surface area contributed by atoms with E-state index in [0.717, 1.165) is 38.5 Å². The van der Waals surface area contributed by atoms with Crippen molar-refractivity contribution in [3.8, 4) is 0 Å². The van der Waals surface area contributed by atoms with E-state index in [4.69, 9.17) is 28.4 Å². The Balaban J connectivity index is 1.55. The molecule has 19 heteroatoms. The molecule has 0 bridgehead atoms. The van der Waals surface area contributed by atoms with Gasteiger partial charge in [-0.25, -0.2) is 0 Å². The highest BCUT2D eigenvalue weighted by Crippen LogP contribution is 2.33. The number of nitrogens with one attached hydrogen (secondary N) is 1. The first-order valence-electron chi connectivity index (χ1n) is 22.9. The Bertz CT molecular complexity index is 1220. The molecule has 0 aromatic rings. The largest absolute Gasteiger partial charge is 0.394 e. The molecular weight excluding hydrogens is 818 g/mol. The fourth-order valence-corrected chi connectivity index (χ4v) is 7.89. The number of carbonyl (C=O) groups excluding carboxylic acids is 1. The summed E-state index contributed by atoms with van der Waals surface area (Å²) in [5.41, 5.74) is 0. The number of rotatable bonds is 30. The van der Waals surface area contributed by atoms with Crippen LogP contribution in [0.1, 0.15) is 123 Å². The van der Waals surface area contributed by atoms with Gasteiger partial charge in [0.1, 0.15) is 73.2 Å². The van der Waals surface area contributed by atoms with Crippen molar-refractivity contribution >= 4 is 5.91 Å². The molecule has 17 unspecified atom stereocenters. The van der Waals surface area contributed by atoms with Crippen LogP contribution in [0, 0.1) is 0 Å². The summed E-state index contributed by atoms with van der Waals surface area (Å²) in [5, 5.41) is 119. The molecule has 0 aromatic carbocycles. The van der Waals surface area contributed by atoms with Crippen LogP contribution in [0.25, 0.3) is 0 Å². The van der Waals surface area contributed by atoms with E-state index >= 15 is 0 Å². The van der Waals surface area contributed by atoms with E-state index in [0.29, 0.717) is 6.42 Å². The molecule has 3 heterocycles. The molecule has 3 saturated heterocycles. The second-order valence-electron chi connectivity index (χ2n) is 16.9. The Morgan fingerprint density at radius 2 is 1.00 bits per heavy atom. The first kappa shape index (κ1) is 54.9. The number of hydrogen-bond donors (Lipinski definition) is 12. The number of amides is 1. The Morgan fingerprint density at radius 1 is 0.565 bits per heavy atom. The van der Waals surface area contributed by atoms with Crippen LogP contribution in [-0.4, -0.2) is 193 Å². The highest BCUT2D eigenvalue weighted by Gasteiger charge is 2.53. The zero-order valence-electron chi connectivity index (χ0n) is 36.6. The van der Waals surface area contributed by atoms with Crippen LogP contribution in [0.15, 0.2) is 12.2 Å². The van der Waals surface area contributed by atoms with Crippen molar-refractivity contribution < 1.29 is 89.4 Å². The monoisotopic (exact) mass is 898 g/mol. The maximum atomic E-state index is 12.8. The average molecular weight is 898 g/mol. The van der Waals surface area contributed by atoms with Crippen LogP contribution in [0.2, 0.25) is 0 Å². The zero-order valence-corrected chi connectivity index (χ0v) is 36.6. The highest BCUT2D eigenvalue weighted by molar-refractivity contribution is 5.76. The van der Waals surface area contributed by atoms with Crippen LogP contribution in [0.3, 0.4) is 0 Å². The third kappa shape index (κ3) is 17.1. The summed E-state index contributed by atoms with van der Waals surface area (Å²) in [6, 6.07) is -0.960. The molecule has 1 amide bonds. The van der Waals surface area contributed by atoms with Crippen molar-refractivity contribution in [2.24, 2.45) is 0 Å². The fraction of sp³-hybridized carbons (Fsp3) is 0.930. The molecule has 364 valence electrons. The molecule has 19 nitrogen and oxygen atoms in total. The predicted molar refractivity (Wildman–Crippen MR) is 222 cm³/mol. The minimum absolute atomic E-state index is 0.230. The van der Waals surface area contributed by atoms with Crippen LogP contribution >= 0.6 is 0 Å². The summed E-state index contributed by atoms with van der Waals surface area (Å²) in [4.78, 5) is 12.8. The Kier molecular flexibility index (Phi) is 26.5. The van der Waals surface area contributed by atoms with Gasteiger partial charge in [0.2, 0.25) is 5.91 Å². The summed E-state index contributed by atoms with van der Waals surface area (Å²) < 4.78 is 33.8. The lowest BCUT2D eigenvalue weighted by Crippen LogP contribution is -2.66. The van der Waals surface area contributed by atoms with Crippen molar-refractivity contribution in [1.82, 2.24) is 5.32 Å². The van der Waals surface area contributed by atoms with Crippen molar-refractivity contribution in [3.05, 3.63) is 12.2 Å². The number of allylic oxidation sites excluding steroid dienone is 1. The number of hydrogen-bond acceptors (Lipinski definition) is 18. The van der Waals surface area contributed by atoms with Gasteiger partial charge in [-0.3, -0.25) is 4.79 Å². The SMILES string of the molecule is CCCCCCCCCCCCCC/C=C/C(O)C(COC1OC(CO)C(OC2OC(CO)C(OC3OC(CO)C(O)C(O)C3O)C(O)C2O)C(O)C1O)NC(=O)CCCCC. The van der Waals surface area contributed by atoms with E-state index in [-0.39, 0.29) is 18.9 Å². The second kappa shape index (κ2) is 29.9. The molecule has 3 aliphatic heterocycles. The Hall–Kier alpha value is -1.47. The third-order valence-electron chi connectivity index (χ3n) is 11.8. The lowest BCUT2D eigenvalue weighted by atomic mass is 9.96. The van der Waals surface area contributed by atoms with Gasteiger partial charge in [-0.05, 0) is 19.3 Å². The van der Waals surface area contributed by atoms with Gasteiger partial charge in [-0.15, -0.1) is 0 Å². The number of aliphatic hydroxyl groups excluding tert-OH is 11. The number of ether oxygens (including phenoxy) is 6. The van der Waals surface area contributed by atoms with E-state index in [2.05, 4.69) is 12.2 Å². The molecule has 0 radical (unpaired) electrons. The summed E-state index contributed by atoms with van der Waals surface area (Å²) in [6.07, 6.45) is -5.15. The standard InChI is InChI=1S/C43H79NO18/c1-3-5-7-8-9-10-11-12-13-14-15-16-17-19-20-27(48)26(44-31(49)21-18-6-4-2)25-57-41-37(55)34(52)39(29(23-46)59-41)62-43-38(56)35(53)40(30(24-47)60-43)61-42-36(54)33(51)32(50)28(22-45)58-42/h19-20,26-30,32-43,45-48,50-56H,3-18,21-25H2,1-2H3,(H,44,49)/b20-19+. The molecule has 3 fully saturated rings. The molecule has 17 atom stereocenters. The summed E-state index contributed by atoms with van der Waals surface area (Å²) in [6.45, 7) is 1.47. The van der Waals surface area contributed by atoms with Crippen molar-refractivity contribution in [3.63, 3.8) is 0 Å². The maximum Gasteiger partial charge on any atom is 0.220 e. The normalized spacial score (nSPS) is 35.3. The van der Waals surface area contributed by atoms with Gasteiger partial charge in [-0.1, -0.05) is 109 Å². The molecule has 3 aliphatic rings. The van der Waals surface area contributed by atoms with Crippen molar-refractivity contribution in [2.45, 2.75) is 227 Å². The second-order valence-corrected chi connectivity index (χ2v) is 16.9. The third-order valence-corrected chi connectivity index (χ3v) is 11.8. The van der Waals surface area contributed by atoms with Crippen LogP contribution in [-0.2, 0) is 33.2 Å². The molecule has 3 rings (SSSR count). The summed E-state index contributed by atoms with van der Waals surface area (Å²) in [7, 11) is 0. The van der Waals surface area contributed by atoms with Gasteiger partial charge < -0.3 is 89.9 Å². The number of unbranched alkanes of at least 4 members (excludes halogenated alkanes) is 14. The molecule has 0 aromatic heterocycles. The summed E-state index contributed by atoms with van der Waals surface area (Å²) >= 11 is 0. The molecule has 0 aliphatic carbocycles. The first-order chi connectivity index (χ1) is 29.8. The molecule has 0 spiro atoms. The van der Waals surface area contributed by atoms with Crippen molar-refractivity contribution in [2.75, 3.05) is 26.4 Å². The minimum atomic E-state index is -1.97. The number of aliphatic hydroxyl groups is 11. The van der Waals surface area contributed by atoms with Gasteiger partial charge in [-0.2, -0.15) is 0 Å². The van der Waals surface area contributed by atoms with Crippen LogP contribution in [0.4, 0.5) is 0 Å². The van der Waals surface area contributed by atoms with E-state index in [1.807, 2.05) is 13.0 Å². The predicted octanol–water partition coefficient (Wildman–Crippen LogP) is -0.475. The first-order valence-corrected chi connectivity index (χ1v) is 22.9. The van der Waals surface area contributed by atoms with E-state index in [9.17, 15) is 61.0 Å². The minimum Gasteiger partial charge on any atom is -0.394 e. The lowest BCUT2D eigenvalue weighted by molar-refractivity contribution is -0.379. The van der Waals surface area contributed by atoms with E-state index in [1.165, 1.54) is 57.8 Å². The fourth-order valence-electron chi connectivity index (χ4n) is 7.89. The molecule has 0 saturated carbocycles. The zero-order chi connectivity index (χ0) is 45.6. The Labute approximate surface area is 365 Å². The van der Waals surface area contributed by atoms with Gasteiger partial charge in [0.25, 0.3) is 0 Å². The van der Waals surface area contributed by atoms with Crippen LogP contribution < -0.4 is 5.32 Å². The van der Waals surface area contributed by atoms with Crippen LogP contribution in [0.5, 0.6) is 0 Å². The Morgan fingerprint density at radius 3 is 1.52 bits per heavy atom. The van der Waals surface area contributed by atoms with Gasteiger partial charge in [0.15, 0.2) is 18.9 Å². The topological polar surface area (TPSA) is 307 Å². The lowest BCUT2D eigenvalue weighted by Gasteiger charge is -2.48. The smallest absolute Gasteiger partial charge is 0.220 e. The highest BCUT2D eigenvalue weighted by atomic mass is 16.8. The van der Waals surface area contributed by atoms with E-state index < -0.39 is 124 Å². The quantitative estimate of drug-likeness (QED) is 0.0320. The summed E-state index contributed by atoms with van der Waals surface area (Å²) in [5.74, 6) is -0.303. The average Bonchev–Trinajstić information content (AvgIpc) is 3.26. The maximum absolute atomic E-state index is 12.8.